The molecule has 0 bridgehead atoms. The minimum absolute atomic E-state index is 0.320. The molecular weight excluding hydrogens is 179 g/mol. The van der Waals surface area contributed by atoms with Crippen molar-refractivity contribution in [2.24, 2.45) is 5.92 Å². The normalized spacial score (nSPS) is 30.5. The summed E-state index contributed by atoms with van der Waals surface area (Å²) in [6.07, 6.45) is 2.98. The molecule has 0 N–H and O–H groups in total. The standard InChI is InChI=1S/C11H11FN2/c1-8-5-11(6-8,7-13)10-9(12)3-2-4-14-10/h2-4,8H,5-6H2,1H3. The molecular formula is C11H11FN2. The molecule has 1 saturated carbocycles. The first-order valence-electron chi connectivity index (χ1n) is 4.70. The predicted molar refractivity (Wildman–Crippen MR) is 49.9 cm³/mol. The summed E-state index contributed by atoms with van der Waals surface area (Å²) < 4.78 is 13.4. The van der Waals surface area contributed by atoms with Crippen molar-refractivity contribution in [2.45, 2.75) is 25.2 Å². The highest BCUT2D eigenvalue weighted by atomic mass is 19.1. The smallest absolute Gasteiger partial charge is 0.146 e. The van der Waals surface area contributed by atoms with Crippen molar-refractivity contribution in [3.63, 3.8) is 0 Å². The summed E-state index contributed by atoms with van der Waals surface area (Å²) in [4.78, 5) is 3.98. The summed E-state index contributed by atoms with van der Waals surface area (Å²) >= 11 is 0. The lowest BCUT2D eigenvalue weighted by Gasteiger charge is -2.40. The lowest BCUT2D eigenvalue weighted by molar-refractivity contribution is 0.205. The molecule has 72 valence electrons. The van der Waals surface area contributed by atoms with E-state index in [1.807, 2.05) is 0 Å². The molecule has 1 aromatic rings. The molecule has 0 aliphatic heterocycles. The van der Waals surface area contributed by atoms with E-state index in [9.17, 15) is 4.39 Å². The number of nitrogens with zero attached hydrogens (tertiary/aromatic N) is 2. The quantitative estimate of drug-likeness (QED) is 0.681. The Morgan fingerprint density at radius 2 is 2.36 bits per heavy atom. The fourth-order valence-corrected chi connectivity index (χ4v) is 2.21. The second kappa shape index (κ2) is 3.06. The summed E-state index contributed by atoms with van der Waals surface area (Å²) in [5, 5.41) is 9.08. The lowest BCUT2D eigenvalue weighted by Crippen LogP contribution is -2.40. The zero-order valence-electron chi connectivity index (χ0n) is 8.00. The Kier molecular flexibility index (Phi) is 1.99. The third kappa shape index (κ3) is 1.19. The Morgan fingerprint density at radius 1 is 1.64 bits per heavy atom. The summed E-state index contributed by atoms with van der Waals surface area (Å²) in [7, 11) is 0. The Balaban J connectivity index is 2.40. The van der Waals surface area contributed by atoms with Gasteiger partial charge in [-0.2, -0.15) is 5.26 Å². The molecule has 0 aromatic carbocycles. The van der Waals surface area contributed by atoms with Crippen LogP contribution in [0.5, 0.6) is 0 Å². The van der Waals surface area contributed by atoms with Crippen molar-refractivity contribution in [2.75, 3.05) is 0 Å². The van der Waals surface area contributed by atoms with Crippen LogP contribution in [0.4, 0.5) is 4.39 Å². The van der Waals surface area contributed by atoms with E-state index in [1.165, 1.54) is 6.07 Å². The minimum atomic E-state index is -0.662. The highest BCUT2D eigenvalue weighted by Gasteiger charge is 2.46. The van der Waals surface area contributed by atoms with Gasteiger partial charge in [-0.15, -0.1) is 0 Å². The van der Waals surface area contributed by atoms with Gasteiger partial charge in [0.05, 0.1) is 11.8 Å². The maximum Gasteiger partial charge on any atom is 0.146 e. The van der Waals surface area contributed by atoms with Crippen molar-refractivity contribution < 1.29 is 4.39 Å². The Hall–Kier alpha value is -1.43. The van der Waals surface area contributed by atoms with Crippen molar-refractivity contribution in [3.05, 3.63) is 29.8 Å². The summed E-state index contributed by atoms with van der Waals surface area (Å²) in [6.45, 7) is 2.07. The number of aromatic nitrogens is 1. The van der Waals surface area contributed by atoms with E-state index < -0.39 is 5.41 Å². The van der Waals surface area contributed by atoms with Crippen LogP contribution in [-0.4, -0.2) is 4.98 Å². The highest BCUT2D eigenvalue weighted by molar-refractivity contribution is 5.31. The number of halogens is 1. The van der Waals surface area contributed by atoms with Gasteiger partial charge in [0.25, 0.3) is 0 Å². The van der Waals surface area contributed by atoms with Gasteiger partial charge in [0.1, 0.15) is 11.2 Å². The van der Waals surface area contributed by atoms with E-state index in [-0.39, 0.29) is 5.82 Å². The van der Waals surface area contributed by atoms with Crippen molar-refractivity contribution >= 4 is 0 Å². The monoisotopic (exact) mass is 190 g/mol. The molecule has 0 radical (unpaired) electrons. The fraction of sp³-hybridized carbons (Fsp3) is 0.455. The van der Waals surface area contributed by atoms with Crippen LogP contribution in [-0.2, 0) is 5.41 Å². The third-order valence-electron chi connectivity index (χ3n) is 2.82. The van der Waals surface area contributed by atoms with Gasteiger partial charge < -0.3 is 0 Å². The third-order valence-corrected chi connectivity index (χ3v) is 2.82. The Labute approximate surface area is 82.4 Å². The molecule has 0 spiro atoms. The SMILES string of the molecule is CC1CC(C#N)(c2ncccc2F)C1. The van der Waals surface area contributed by atoms with E-state index in [4.69, 9.17) is 5.26 Å². The molecule has 1 aliphatic carbocycles. The highest BCUT2D eigenvalue weighted by Crippen LogP contribution is 2.46. The molecule has 1 heterocycles. The summed E-state index contributed by atoms with van der Waals surface area (Å²) in [6, 6.07) is 5.11. The van der Waals surface area contributed by atoms with Crippen LogP contribution in [0.1, 0.15) is 25.5 Å². The zero-order valence-corrected chi connectivity index (χ0v) is 8.00. The van der Waals surface area contributed by atoms with Gasteiger partial charge in [0.2, 0.25) is 0 Å². The molecule has 14 heavy (non-hydrogen) atoms. The average Bonchev–Trinajstić information content (AvgIpc) is 2.14. The van der Waals surface area contributed by atoms with Crippen LogP contribution in [0.2, 0.25) is 0 Å². The number of hydrogen-bond donors (Lipinski definition) is 0. The van der Waals surface area contributed by atoms with Crippen molar-refractivity contribution in [3.8, 4) is 6.07 Å². The number of nitriles is 1. The molecule has 0 amide bonds. The maximum absolute atomic E-state index is 13.4. The van der Waals surface area contributed by atoms with Gasteiger partial charge in [-0.1, -0.05) is 6.92 Å². The number of rotatable bonds is 1. The van der Waals surface area contributed by atoms with Crippen molar-refractivity contribution in [1.29, 1.82) is 5.26 Å². The summed E-state index contributed by atoms with van der Waals surface area (Å²) in [5.74, 6) is 0.136. The maximum atomic E-state index is 13.4. The van der Waals surface area contributed by atoms with E-state index in [2.05, 4.69) is 18.0 Å². The van der Waals surface area contributed by atoms with Gasteiger partial charge in [-0.25, -0.2) is 4.39 Å². The predicted octanol–water partition coefficient (Wildman–Crippen LogP) is 2.41. The number of hydrogen-bond acceptors (Lipinski definition) is 2. The van der Waals surface area contributed by atoms with Crippen LogP contribution >= 0.6 is 0 Å². The second-order valence-electron chi connectivity index (χ2n) is 4.04. The molecule has 1 aliphatic rings. The average molecular weight is 190 g/mol. The van der Waals surface area contributed by atoms with Gasteiger partial charge >= 0.3 is 0 Å². The number of pyridine rings is 1. The van der Waals surface area contributed by atoms with Crippen molar-refractivity contribution in [1.82, 2.24) is 4.98 Å². The van der Waals surface area contributed by atoms with E-state index in [0.717, 1.165) is 12.8 Å². The Bertz CT molecular complexity index is 389. The van der Waals surface area contributed by atoms with E-state index >= 15 is 0 Å². The molecule has 3 heteroatoms. The van der Waals surface area contributed by atoms with Crippen LogP contribution in [0.25, 0.3) is 0 Å². The summed E-state index contributed by atoms with van der Waals surface area (Å²) in [5.41, 5.74) is -0.342. The van der Waals surface area contributed by atoms with Gasteiger partial charge in [-0.05, 0) is 30.9 Å². The molecule has 1 aromatic heterocycles. The first kappa shape index (κ1) is 9.14. The Morgan fingerprint density at radius 3 is 2.86 bits per heavy atom. The zero-order chi connectivity index (χ0) is 10.2. The first-order chi connectivity index (χ1) is 6.68. The van der Waals surface area contributed by atoms with Crippen LogP contribution in [0, 0.1) is 23.1 Å². The van der Waals surface area contributed by atoms with E-state index in [1.54, 1.807) is 12.3 Å². The molecule has 0 saturated heterocycles. The van der Waals surface area contributed by atoms with Gasteiger partial charge in [0.15, 0.2) is 0 Å². The first-order valence-corrected chi connectivity index (χ1v) is 4.70. The van der Waals surface area contributed by atoms with Crippen LogP contribution < -0.4 is 0 Å². The molecule has 0 unspecified atom stereocenters. The van der Waals surface area contributed by atoms with Gasteiger partial charge in [-0.3, -0.25) is 4.98 Å². The topological polar surface area (TPSA) is 36.7 Å². The molecule has 2 rings (SSSR count). The minimum Gasteiger partial charge on any atom is -0.257 e. The molecule has 2 nitrogen and oxygen atoms in total. The molecule has 1 fully saturated rings. The van der Waals surface area contributed by atoms with Crippen LogP contribution in [0.3, 0.4) is 0 Å². The van der Waals surface area contributed by atoms with E-state index in [0.29, 0.717) is 11.6 Å². The van der Waals surface area contributed by atoms with Crippen LogP contribution in [0.15, 0.2) is 18.3 Å². The lowest BCUT2D eigenvalue weighted by atomic mass is 9.61. The second-order valence-corrected chi connectivity index (χ2v) is 4.04. The molecule has 0 atom stereocenters. The fourth-order valence-electron chi connectivity index (χ4n) is 2.21. The largest absolute Gasteiger partial charge is 0.257 e. The van der Waals surface area contributed by atoms with Gasteiger partial charge in [0, 0.05) is 6.20 Å².